The van der Waals surface area contributed by atoms with Gasteiger partial charge in [-0.3, -0.25) is 19.4 Å². The highest BCUT2D eigenvalue weighted by molar-refractivity contribution is 8.14. The number of amidine groups is 2. The fraction of sp³-hybridized carbons (Fsp3) is 0.421. The van der Waals surface area contributed by atoms with Crippen molar-refractivity contribution in [2.24, 2.45) is 4.99 Å². The number of urea groups is 1. The zero-order valence-electron chi connectivity index (χ0n) is 16.1. The molecule has 0 aromatic heterocycles. The number of hydrogen-bond acceptors (Lipinski definition) is 6. The molecule has 0 spiro atoms. The number of amides is 3. The van der Waals surface area contributed by atoms with Crippen LogP contribution in [-0.2, 0) is 20.7 Å². The average Bonchev–Trinajstić information content (AvgIpc) is 3.08. The summed E-state index contributed by atoms with van der Waals surface area (Å²) in [6.45, 7) is 0.581. The van der Waals surface area contributed by atoms with Gasteiger partial charge in [-0.25, -0.2) is 9.37 Å². The summed E-state index contributed by atoms with van der Waals surface area (Å²) < 4.78 is 6.58. The van der Waals surface area contributed by atoms with Gasteiger partial charge in [-0.1, -0.05) is 30.3 Å². The molecular weight excluding hydrogens is 380 g/mol. The van der Waals surface area contributed by atoms with Crippen LogP contribution in [0, 0.1) is 0 Å². The molecule has 2 aliphatic heterocycles. The van der Waals surface area contributed by atoms with Crippen molar-refractivity contribution in [1.82, 2.24) is 9.80 Å². The maximum Gasteiger partial charge on any atom is 0.358 e. The number of nitrogens with zero attached hydrogens (tertiary/aromatic N) is 4. The Morgan fingerprint density at radius 2 is 1.93 bits per heavy atom. The highest BCUT2D eigenvalue weighted by atomic mass is 32.2. The number of aliphatic imine (C=N–C) groups is 1. The van der Waals surface area contributed by atoms with Crippen molar-refractivity contribution in [3.05, 3.63) is 35.9 Å². The summed E-state index contributed by atoms with van der Waals surface area (Å²) in [6, 6.07) is 9.03. The molecule has 2 aliphatic rings. The lowest BCUT2D eigenvalue weighted by Crippen LogP contribution is -2.61. The number of carbonyl (C=O) groups is 3. The van der Waals surface area contributed by atoms with Gasteiger partial charge in [-0.15, -0.1) is 0 Å². The standard InChI is InChI=1S/C19H23N4O4S/c1-21-16-15(17(25)22(2)19(21)26)23(18(20-16)28-12-14(24)27-3)11-7-10-13-8-5-4-6-9-13/h4-6,8-9,15H,7,10-12H2,1-3H3/q+1. The first kappa shape index (κ1) is 20.1. The molecule has 9 heteroatoms. The van der Waals surface area contributed by atoms with Crippen molar-refractivity contribution in [2.45, 2.75) is 18.9 Å². The predicted molar refractivity (Wildman–Crippen MR) is 107 cm³/mol. The molecule has 2 heterocycles. The van der Waals surface area contributed by atoms with Crippen LogP contribution in [0.1, 0.15) is 12.0 Å². The van der Waals surface area contributed by atoms with Crippen LogP contribution in [0.15, 0.2) is 35.3 Å². The van der Waals surface area contributed by atoms with E-state index in [9.17, 15) is 14.4 Å². The van der Waals surface area contributed by atoms with E-state index in [4.69, 9.17) is 4.74 Å². The Labute approximate surface area is 167 Å². The molecule has 0 saturated carbocycles. The van der Waals surface area contributed by atoms with Gasteiger partial charge in [0.1, 0.15) is 5.75 Å². The number of methoxy groups -OCH3 is 1. The molecular formula is C19H23N4O4S+. The molecule has 0 aliphatic carbocycles. The van der Waals surface area contributed by atoms with Crippen molar-refractivity contribution in [2.75, 3.05) is 33.5 Å². The van der Waals surface area contributed by atoms with E-state index in [0.29, 0.717) is 17.5 Å². The zero-order valence-corrected chi connectivity index (χ0v) is 16.9. The molecule has 1 saturated heterocycles. The second kappa shape index (κ2) is 8.55. The first-order chi connectivity index (χ1) is 13.4. The van der Waals surface area contributed by atoms with E-state index in [-0.39, 0.29) is 17.6 Å². The van der Waals surface area contributed by atoms with Crippen LogP contribution in [0.2, 0.25) is 0 Å². The van der Waals surface area contributed by atoms with E-state index in [0.717, 1.165) is 17.7 Å². The summed E-state index contributed by atoms with van der Waals surface area (Å²) >= 11 is 1.22. The number of fused-ring (bicyclic) bond motifs is 1. The Balaban J connectivity index is 1.81. The summed E-state index contributed by atoms with van der Waals surface area (Å²) in [5.74, 6) is -0.188. The van der Waals surface area contributed by atoms with Gasteiger partial charge in [0, 0.05) is 14.1 Å². The summed E-state index contributed by atoms with van der Waals surface area (Å²) in [5, 5.41) is 0.557. The molecule has 28 heavy (non-hydrogen) atoms. The van der Waals surface area contributed by atoms with Crippen LogP contribution >= 0.6 is 11.8 Å². The molecule has 3 rings (SSSR count). The zero-order chi connectivity index (χ0) is 20.3. The van der Waals surface area contributed by atoms with Gasteiger partial charge < -0.3 is 4.74 Å². The highest BCUT2D eigenvalue weighted by Crippen LogP contribution is 2.23. The van der Waals surface area contributed by atoms with E-state index >= 15 is 0 Å². The lowest BCUT2D eigenvalue weighted by Gasteiger charge is -2.30. The minimum atomic E-state index is -0.649. The normalized spacial score (nSPS) is 19.1. The topological polar surface area (TPSA) is 82.3 Å². The van der Waals surface area contributed by atoms with Crippen LogP contribution in [0.3, 0.4) is 0 Å². The molecule has 8 nitrogen and oxygen atoms in total. The summed E-state index contributed by atoms with van der Waals surface area (Å²) in [6.07, 6.45) is 1.66. The third kappa shape index (κ3) is 3.94. The Bertz CT molecular complexity index is 853. The van der Waals surface area contributed by atoms with Gasteiger partial charge in [0.25, 0.3) is 17.8 Å². The number of thioether (sulfide) groups is 1. The van der Waals surface area contributed by atoms with Crippen LogP contribution in [0.5, 0.6) is 0 Å². The number of benzene rings is 1. The van der Waals surface area contributed by atoms with Gasteiger partial charge in [0.2, 0.25) is 0 Å². The molecule has 0 bridgehead atoms. The van der Waals surface area contributed by atoms with Crippen LogP contribution in [0.25, 0.3) is 0 Å². The van der Waals surface area contributed by atoms with Gasteiger partial charge in [-0.2, -0.15) is 0 Å². The van der Waals surface area contributed by atoms with Gasteiger partial charge in [0.15, 0.2) is 0 Å². The predicted octanol–water partition coefficient (Wildman–Crippen LogP) is 1.20. The maximum atomic E-state index is 12.8. The second-order valence-electron chi connectivity index (χ2n) is 6.54. The molecule has 1 aromatic rings. The quantitative estimate of drug-likeness (QED) is 0.527. The summed E-state index contributed by atoms with van der Waals surface area (Å²) in [7, 11) is 4.41. The largest absolute Gasteiger partial charge is 0.468 e. The highest BCUT2D eigenvalue weighted by Gasteiger charge is 2.53. The average molecular weight is 403 g/mol. The van der Waals surface area contributed by atoms with E-state index in [2.05, 4.69) is 17.1 Å². The third-order valence-corrected chi connectivity index (χ3v) is 5.71. The SMILES string of the molecule is COC(=O)CSC1=[N+](CCCc2ccccc2)C2C(=O)N(C)C(=O)N(C)C2=N1. The Kier molecular flexibility index (Phi) is 6.13. The monoisotopic (exact) mass is 403 g/mol. The second-order valence-corrected chi connectivity index (χ2v) is 7.48. The Morgan fingerprint density at radius 1 is 1.21 bits per heavy atom. The van der Waals surface area contributed by atoms with Crippen LogP contribution in [-0.4, -0.2) is 82.8 Å². The molecule has 3 amide bonds. The van der Waals surface area contributed by atoms with Crippen molar-refractivity contribution >= 4 is 40.7 Å². The summed E-state index contributed by atoms with van der Waals surface area (Å²) in [4.78, 5) is 43.6. The number of likely N-dealkylation sites (N-methyl/N-ethyl adjacent to an activating group) is 2. The van der Waals surface area contributed by atoms with Crippen molar-refractivity contribution in [3.63, 3.8) is 0 Å². The van der Waals surface area contributed by atoms with E-state index in [1.165, 1.54) is 36.4 Å². The minimum Gasteiger partial charge on any atom is -0.468 e. The van der Waals surface area contributed by atoms with Gasteiger partial charge in [0.05, 0.1) is 13.7 Å². The van der Waals surface area contributed by atoms with Crippen molar-refractivity contribution in [3.8, 4) is 0 Å². The molecule has 1 fully saturated rings. The molecule has 0 N–H and O–H groups in total. The van der Waals surface area contributed by atoms with Crippen LogP contribution < -0.4 is 0 Å². The fourth-order valence-corrected chi connectivity index (χ4v) is 4.08. The van der Waals surface area contributed by atoms with E-state index in [1.807, 2.05) is 22.8 Å². The third-order valence-electron chi connectivity index (χ3n) is 4.75. The lowest BCUT2D eigenvalue weighted by molar-refractivity contribution is -0.533. The van der Waals surface area contributed by atoms with E-state index < -0.39 is 12.1 Å². The summed E-state index contributed by atoms with van der Waals surface area (Å²) in [5.41, 5.74) is 1.21. The smallest absolute Gasteiger partial charge is 0.358 e. The number of esters is 1. The number of carbonyl (C=O) groups excluding carboxylic acids is 3. The molecule has 1 aromatic carbocycles. The number of aryl methyl sites for hydroxylation is 1. The van der Waals surface area contributed by atoms with Crippen LogP contribution in [0.4, 0.5) is 4.79 Å². The van der Waals surface area contributed by atoms with Crippen molar-refractivity contribution < 1.29 is 23.7 Å². The number of imide groups is 1. The molecule has 0 radical (unpaired) electrons. The number of hydrogen-bond donors (Lipinski definition) is 0. The Hall–Kier alpha value is -2.68. The number of rotatable bonds is 6. The molecule has 1 atom stereocenters. The number of ether oxygens (including phenoxy) is 1. The van der Waals surface area contributed by atoms with E-state index in [1.54, 1.807) is 7.05 Å². The molecule has 1 unspecified atom stereocenters. The first-order valence-electron chi connectivity index (χ1n) is 8.95. The minimum absolute atomic E-state index is 0.0895. The fourth-order valence-electron chi connectivity index (χ4n) is 3.20. The maximum absolute atomic E-state index is 12.8. The molecule has 148 valence electrons. The lowest BCUT2D eigenvalue weighted by atomic mass is 10.1. The van der Waals surface area contributed by atoms with Gasteiger partial charge in [-0.05, 0) is 35.2 Å². The van der Waals surface area contributed by atoms with Crippen molar-refractivity contribution in [1.29, 1.82) is 0 Å². The Morgan fingerprint density at radius 3 is 2.61 bits per heavy atom. The van der Waals surface area contributed by atoms with Gasteiger partial charge >= 0.3 is 17.2 Å². The first-order valence-corrected chi connectivity index (χ1v) is 9.93.